The second-order valence-electron chi connectivity index (χ2n) is 9.57. The lowest BCUT2D eigenvalue weighted by molar-refractivity contribution is -0.296. The summed E-state index contributed by atoms with van der Waals surface area (Å²) in [5.74, 6) is -0.605. The first-order chi connectivity index (χ1) is 17.7. The molecule has 7 atom stereocenters. The van der Waals surface area contributed by atoms with E-state index in [4.69, 9.17) is 23.7 Å². The summed E-state index contributed by atoms with van der Waals surface area (Å²) in [7, 11) is 3.30. The van der Waals surface area contributed by atoms with Gasteiger partial charge in [-0.3, -0.25) is 9.59 Å². The van der Waals surface area contributed by atoms with Crippen LogP contribution in [0.2, 0.25) is 0 Å². The molecular formula is C27H32N2O8. The normalized spacial score (nSPS) is 30.5. The largest absolute Gasteiger partial charge is 0.394 e. The van der Waals surface area contributed by atoms with Crippen LogP contribution in [0, 0.1) is 6.92 Å². The summed E-state index contributed by atoms with van der Waals surface area (Å²) in [6.07, 6.45) is -3.86. The molecule has 2 aromatic rings. The van der Waals surface area contributed by atoms with Crippen LogP contribution in [0.4, 0.5) is 11.4 Å². The molecule has 2 aromatic carbocycles. The van der Waals surface area contributed by atoms with Gasteiger partial charge in [-0.15, -0.1) is 0 Å². The Bertz CT molecular complexity index is 1120. The summed E-state index contributed by atoms with van der Waals surface area (Å²) in [5.41, 5.74) is 3.23. The number of carbonyl (C=O) groups excluding carboxylic acids is 2. The first-order valence-corrected chi connectivity index (χ1v) is 12.3. The highest BCUT2D eigenvalue weighted by atomic mass is 16.8. The van der Waals surface area contributed by atoms with E-state index in [2.05, 4.69) is 0 Å². The first-order valence-electron chi connectivity index (χ1n) is 12.3. The number of carbonyl (C=O) groups is 2. The van der Waals surface area contributed by atoms with E-state index in [0.29, 0.717) is 5.69 Å². The van der Waals surface area contributed by atoms with Gasteiger partial charge in [0.2, 0.25) is 11.8 Å². The fourth-order valence-corrected chi connectivity index (χ4v) is 4.81. The van der Waals surface area contributed by atoms with E-state index in [1.54, 1.807) is 33.2 Å². The smallest absolute Gasteiger partial charge is 0.236 e. The highest BCUT2D eigenvalue weighted by molar-refractivity contribution is 6.09. The Hall–Kier alpha value is -2.86. The number of nitrogens with zero attached hydrogens (tertiary/aromatic N) is 2. The molecule has 0 saturated carbocycles. The molecule has 0 spiro atoms. The van der Waals surface area contributed by atoms with Crippen LogP contribution in [0.3, 0.4) is 0 Å². The van der Waals surface area contributed by atoms with E-state index in [1.165, 1.54) is 9.80 Å². The molecule has 3 heterocycles. The Morgan fingerprint density at radius 3 is 1.97 bits per heavy atom. The molecule has 3 fully saturated rings. The third-order valence-electron chi connectivity index (χ3n) is 7.03. The number of amides is 2. The van der Waals surface area contributed by atoms with E-state index >= 15 is 0 Å². The number of anilines is 2. The summed E-state index contributed by atoms with van der Waals surface area (Å²) in [6.45, 7) is 3.56. The number of fused-ring (bicyclic) bond motifs is 3. The van der Waals surface area contributed by atoms with Crippen molar-refractivity contribution in [3.05, 3.63) is 59.7 Å². The van der Waals surface area contributed by atoms with Gasteiger partial charge in [0.25, 0.3) is 0 Å². The van der Waals surface area contributed by atoms with Crippen molar-refractivity contribution in [2.45, 2.75) is 63.6 Å². The van der Waals surface area contributed by atoms with Crippen LogP contribution < -0.4 is 9.80 Å². The average Bonchev–Trinajstić information content (AvgIpc) is 3.46. The summed E-state index contributed by atoms with van der Waals surface area (Å²) in [4.78, 5) is 28.4. The average molecular weight is 513 g/mol. The maximum absolute atomic E-state index is 12.8. The molecule has 3 aliphatic heterocycles. The van der Waals surface area contributed by atoms with Gasteiger partial charge in [0, 0.05) is 31.0 Å². The number of aryl methyl sites for hydroxylation is 1. The second kappa shape index (κ2) is 10.5. The van der Waals surface area contributed by atoms with Gasteiger partial charge in [-0.2, -0.15) is 0 Å². The van der Waals surface area contributed by atoms with E-state index in [9.17, 15) is 14.7 Å². The zero-order valence-corrected chi connectivity index (χ0v) is 21.3. The maximum atomic E-state index is 12.8. The highest BCUT2D eigenvalue weighted by Crippen LogP contribution is 2.43. The van der Waals surface area contributed by atoms with Crippen LogP contribution in [0.1, 0.15) is 30.8 Å². The lowest BCUT2D eigenvalue weighted by Gasteiger charge is -2.37. The number of ether oxygens (including phenoxy) is 5. The van der Waals surface area contributed by atoms with Crippen LogP contribution in [0.25, 0.3) is 0 Å². The number of aliphatic hydroxyl groups is 1. The minimum absolute atomic E-state index is 0.181. The molecule has 198 valence electrons. The van der Waals surface area contributed by atoms with Crippen molar-refractivity contribution in [3.63, 3.8) is 0 Å². The Balaban J connectivity index is 1.18. The quantitative estimate of drug-likeness (QED) is 0.588. The zero-order valence-electron chi connectivity index (χ0n) is 21.3. The second-order valence-corrected chi connectivity index (χ2v) is 9.57. The van der Waals surface area contributed by atoms with Crippen molar-refractivity contribution in [1.29, 1.82) is 0 Å². The van der Waals surface area contributed by atoms with Gasteiger partial charge in [-0.05, 0) is 38.1 Å². The molecule has 0 bridgehead atoms. The topological polar surface area (TPSA) is 107 Å². The molecule has 37 heavy (non-hydrogen) atoms. The number of hydrogen-bond acceptors (Lipinski definition) is 8. The van der Waals surface area contributed by atoms with Gasteiger partial charge >= 0.3 is 0 Å². The van der Waals surface area contributed by atoms with E-state index in [1.807, 2.05) is 43.3 Å². The van der Waals surface area contributed by atoms with Gasteiger partial charge in [0.1, 0.15) is 30.8 Å². The van der Waals surface area contributed by atoms with E-state index in [0.717, 1.165) is 16.8 Å². The maximum Gasteiger partial charge on any atom is 0.236 e. The third-order valence-corrected chi connectivity index (χ3v) is 7.03. The van der Waals surface area contributed by atoms with Gasteiger partial charge < -0.3 is 38.6 Å². The van der Waals surface area contributed by atoms with Crippen molar-refractivity contribution >= 4 is 23.2 Å². The van der Waals surface area contributed by atoms with Gasteiger partial charge in [0.15, 0.2) is 18.9 Å². The van der Waals surface area contributed by atoms with Gasteiger partial charge in [-0.1, -0.05) is 29.8 Å². The van der Waals surface area contributed by atoms with Crippen LogP contribution in [0.15, 0.2) is 48.5 Å². The van der Waals surface area contributed by atoms with Gasteiger partial charge in [-0.25, -0.2) is 0 Å². The predicted molar refractivity (Wildman–Crippen MR) is 133 cm³/mol. The Labute approximate surface area is 215 Å². The van der Waals surface area contributed by atoms with Crippen molar-refractivity contribution in [2.75, 3.05) is 30.5 Å². The van der Waals surface area contributed by atoms with Crippen molar-refractivity contribution in [3.8, 4) is 0 Å². The van der Waals surface area contributed by atoms with E-state index in [-0.39, 0.29) is 24.8 Å². The lowest BCUT2D eigenvalue weighted by atomic mass is 10.0. The predicted octanol–water partition coefficient (Wildman–Crippen LogP) is 2.27. The van der Waals surface area contributed by atoms with Crippen LogP contribution in [-0.4, -0.2) is 74.6 Å². The van der Waals surface area contributed by atoms with Crippen LogP contribution in [-0.2, 0) is 33.3 Å². The third kappa shape index (κ3) is 5.13. The molecule has 1 N–H and O–H groups in total. The minimum Gasteiger partial charge on any atom is -0.394 e. The number of benzene rings is 2. The summed E-state index contributed by atoms with van der Waals surface area (Å²) in [6, 6.07) is 14.7. The number of aliphatic hydroxyl groups excluding tert-OH is 1. The summed E-state index contributed by atoms with van der Waals surface area (Å²) in [5, 5.41) is 9.60. The molecular weight excluding hydrogens is 480 g/mol. The Morgan fingerprint density at radius 2 is 1.38 bits per heavy atom. The van der Waals surface area contributed by atoms with Gasteiger partial charge in [0.05, 0.1) is 6.61 Å². The highest BCUT2D eigenvalue weighted by Gasteiger charge is 2.58. The summed E-state index contributed by atoms with van der Waals surface area (Å²) >= 11 is 0. The molecule has 3 aliphatic rings. The fraction of sp³-hybridized carbons (Fsp3) is 0.481. The number of rotatable bonds is 6. The molecule has 0 aromatic heterocycles. The minimum atomic E-state index is -0.662. The SMILES string of the molecule is Cc1ccc(N(C)C(=O)CC(=O)N(C)c2ccc(C3OC4OC5C(CO)OC(C)OC5C4O3)cc2)cc1. The molecule has 10 nitrogen and oxygen atoms in total. The van der Waals surface area contributed by atoms with Crippen molar-refractivity contribution in [2.24, 2.45) is 0 Å². The lowest BCUT2D eigenvalue weighted by Crippen LogP contribution is -2.51. The number of hydrogen-bond donors (Lipinski definition) is 1. The van der Waals surface area contributed by atoms with Crippen LogP contribution in [0.5, 0.6) is 0 Å². The summed E-state index contributed by atoms with van der Waals surface area (Å²) < 4.78 is 29.5. The standard InChI is InChI=1S/C27H32N2O8/c1-15-5-9-18(10-6-15)28(3)21(31)13-22(32)29(4)19-11-7-17(8-12-19)26-36-25-24-23(35-27(25)37-26)20(14-30)33-16(2)34-24/h5-12,16,20,23-27,30H,13-14H2,1-4H3. The molecule has 0 aliphatic carbocycles. The molecule has 2 amide bonds. The Kier molecular flexibility index (Phi) is 7.30. The van der Waals surface area contributed by atoms with Crippen molar-refractivity contribution in [1.82, 2.24) is 0 Å². The first kappa shape index (κ1) is 25.8. The molecule has 0 radical (unpaired) electrons. The zero-order chi connectivity index (χ0) is 26.3. The molecule has 5 rings (SSSR count). The van der Waals surface area contributed by atoms with Crippen LogP contribution >= 0.6 is 0 Å². The molecule has 7 unspecified atom stereocenters. The molecule has 3 saturated heterocycles. The molecule has 10 heteroatoms. The van der Waals surface area contributed by atoms with Crippen molar-refractivity contribution < 1.29 is 38.4 Å². The monoisotopic (exact) mass is 512 g/mol. The Morgan fingerprint density at radius 1 is 0.784 bits per heavy atom. The fourth-order valence-electron chi connectivity index (χ4n) is 4.81. The van der Waals surface area contributed by atoms with E-state index < -0.39 is 43.3 Å².